The van der Waals surface area contributed by atoms with Crippen LogP contribution in [0, 0.1) is 28.6 Å². The van der Waals surface area contributed by atoms with Gasteiger partial charge in [0, 0.05) is 24.5 Å². The highest BCUT2D eigenvalue weighted by atomic mass is 32.2. The van der Waals surface area contributed by atoms with E-state index in [2.05, 4.69) is 36.3 Å². The lowest BCUT2D eigenvalue weighted by atomic mass is 9.48. The summed E-state index contributed by atoms with van der Waals surface area (Å²) in [4.78, 5) is 14.3. The molecule has 34 heavy (non-hydrogen) atoms. The largest absolute Gasteiger partial charge is 0.462 e. The van der Waals surface area contributed by atoms with Gasteiger partial charge in [-0.05, 0) is 73.8 Å². The number of rotatable bonds is 5. The van der Waals surface area contributed by atoms with Crippen LogP contribution < -0.4 is 10.3 Å². The maximum Gasteiger partial charge on any atom is 0.302 e. The molecule has 6 nitrogen and oxygen atoms in total. The van der Waals surface area contributed by atoms with Crippen LogP contribution in [0.5, 0.6) is 0 Å². The minimum absolute atomic E-state index is 0.0174. The van der Waals surface area contributed by atoms with Crippen molar-refractivity contribution in [1.82, 2.24) is 10.3 Å². The molecule has 5 rings (SSSR count). The van der Waals surface area contributed by atoms with Crippen molar-refractivity contribution >= 4 is 16.0 Å². The summed E-state index contributed by atoms with van der Waals surface area (Å²) >= 11 is 0. The number of esters is 1. The predicted octanol–water partition coefficient (Wildman–Crippen LogP) is 4.86. The van der Waals surface area contributed by atoms with Crippen molar-refractivity contribution in [3.63, 3.8) is 0 Å². The highest BCUT2D eigenvalue weighted by molar-refractivity contribution is 7.89. The number of allylic oxidation sites excluding steroid dienone is 3. The van der Waals surface area contributed by atoms with Gasteiger partial charge in [-0.15, -0.1) is 4.83 Å². The maximum atomic E-state index is 12.7. The Balaban J connectivity index is 1.30. The van der Waals surface area contributed by atoms with E-state index in [1.54, 1.807) is 24.3 Å². The van der Waals surface area contributed by atoms with Crippen LogP contribution in [0.25, 0.3) is 0 Å². The molecule has 4 aliphatic carbocycles. The van der Waals surface area contributed by atoms with Gasteiger partial charge < -0.3 is 10.2 Å². The fourth-order valence-corrected chi connectivity index (χ4v) is 8.38. The lowest BCUT2D eigenvalue weighted by Crippen LogP contribution is -2.52. The van der Waals surface area contributed by atoms with Crippen LogP contribution in [-0.4, -0.2) is 20.5 Å². The third kappa shape index (κ3) is 3.91. The summed E-state index contributed by atoms with van der Waals surface area (Å²) < 4.78 is 31.0. The van der Waals surface area contributed by atoms with Crippen LogP contribution in [-0.2, 0) is 19.6 Å². The standard InChI is InChI=1S/C27H36N2O4S/c1-18(30)33-20-13-15-26(2)19(17-20)9-10-22-23-11-12-25(27(23,3)16-14-24(22)26)28-29-34(31,32)21-7-5-4-6-8-21/h4-9,12,20,22-24,28-29H,10-11,13-17H2,1-3H3. The van der Waals surface area contributed by atoms with Crippen molar-refractivity contribution in [2.75, 3.05) is 0 Å². The SMILES string of the molecule is CC(=O)OC1CCC2(C)C(=CCC3C2CCC2(C)C(NNS(=O)(=O)c4ccccc4)=CCC32)C1. The molecule has 1 aromatic rings. The molecule has 6 atom stereocenters. The van der Waals surface area contributed by atoms with Crippen LogP contribution >= 0.6 is 0 Å². The smallest absolute Gasteiger partial charge is 0.302 e. The third-order valence-corrected chi connectivity index (χ3v) is 10.6. The Labute approximate surface area is 203 Å². The van der Waals surface area contributed by atoms with Crippen molar-refractivity contribution in [1.29, 1.82) is 0 Å². The fraction of sp³-hybridized carbons (Fsp3) is 0.593. The number of hydrazine groups is 1. The molecule has 0 spiro atoms. The first-order chi connectivity index (χ1) is 16.1. The number of carbonyl (C=O) groups excluding carboxylic acids is 1. The van der Waals surface area contributed by atoms with Crippen molar-refractivity contribution < 1.29 is 17.9 Å². The first kappa shape index (κ1) is 23.6. The number of fused-ring (bicyclic) bond motifs is 5. The summed E-state index contributed by atoms with van der Waals surface area (Å²) in [7, 11) is -3.62. The number of nitrogens with one attached hydrogen (secondary N) is 2. The molecular formula is C27H36N2O4S. The highest BCUT2D eigenvalue weighted by Crippen LogP contribution is 2.64. The topological polar surface area (TPSA) is 84.5 Å². The molecule has 1 aromatic carbocycles. The van der Waals surface area contributed by atoms with Crippen molar-refractivity contribution in [2.45, 2.75) is 76.7 Å². The van der Waals surface area contributed by atoms with Gasteiger partial charge >= 0.3 is 5.97 Å². The molecule has 0 heterocycles. The molecule has 2 N–H and O–H groups in total. The summed E-state index contributed by atoms with van der Waals surface area (Å²) in [6, 6.07) is 8.47. The zero-order valence-corrected chi connectivity index (χ0v) is 21.2. The van der Waals surface area contributed by atoms with Gasteiger partial charge in [-0.25, -0.2) is 8.42 Å². The second kappa shape index (κ2) is 8.52. The van der Waals surface area contributed by atoms with E-state index in [4.69, 9.17) is 4.74 Å². The summed E-state index contributed by atoms with van der Waals surface area (Å²) in [6.45, 7) is 6.23. The number of sulfonamides is 1. The number of hydrogen-bond donors (Lipinski definition) is 2. The van der Waals surface area contributed by atoms with Gasteiger partial charge in [0.2, 0.25) is 0 Å². The molecule has 0 amide bonds. The van der Waals surface area contributed by atoms with Gasteiger partial charge in [0.15, 0.2) is 0 Å². The number of benzene rings is 1. The molecule has 0 aliphatic heterocycles. The zero-order valence-electron chi connectivity index (χ0n) is 20.3. The number of ether oxygens (including phenoxy) is 1. The molecule has 0 radical (unpaired) electrons. The van der Waals surface area contributed by atoms with E-state index in [0.717, 1.165) is 50.6 Å². The van der Waals surface area contributed by atoms with Crippen LogP contribution in [0.2, 0.25) is 0 Å². The lowest BCUT2D eigenvalue weighted by Gasteiger charge is -2.57. The van der Waals surface area contributed by atoms with E-state index < -0.39 is 10.0 Å². The molecule has 184 valence electrons. The Bertz CT molecular complexity index is 1130. The number of hydrogen-bond acceptors (Lipinski definition) is 5. The molecule has 7 heteroatoms. The predicted molar refractivity (Wildman–Crippen MR) is 131 cm³/mol. The third-order valence-electron chi connectivity index (χ3n) is 9.35. The first-order valence-corrected chi connectivity index (χ1v) is 14.0. The summed E-state index contributed by atoms with van der Waals surface area (Å²) in [6.07, 6.45) is 11.7. The van der Waals surface area contributed by atoms with E-state index >= 15 is 0 Å². The van der Waals surface area contributed by atoms with Crippen LogP contribution in [0.15, 0.2) is 58.6 Å². The highest BCUT2D eigenvalue weighted by Gasteiger charge is 2.57. The van der Waals surface area contributed by atoms with E-state index in [0.29, 0.717) is 17.8 Å². The summed E-state index contributed by atoms with van der Waals surface area (Å²) in [5.74, 6) is 1.52. The molecule has 0 bridgehead atoms. The van der Waals surface area contributed by atoms with Crippen molar-refractivity contribution in [3.8, 4) is 0 Å². The minimum atomic E-state index is -3.62. The van der Waals surface area contributed by atoms with Crippen molar-refractivity contribution in [3.05, 3.63) is 53.8 Å². The van der Waals surface area contributed by atoms with Gasteiger partial charge in [-0.1, -0.05) is 49.8 Å². The lowest BCUT2D eigenvalue weighted by molar-refractivity contribution is -0.148. The number of carbonyl (C=O) groups is 1. The van der Waals surface area contributed by atoms with Gasteiger partial charge in [0.25, 0.3) is 10.0 Å². The Morgan fingerprint density at radius 3 is 2.47 bits per heavy atom. The van der Waals surface area contributed by atoms with E-state index in [-0.39, 0.29) is 27.8 Å². The van der Waals surface area contributed by atoms with Gasteiger partial charge in [-0.2, -0.15) is 0 Å². The van der Waals surface area contributed by atoms with Crippen molar-refractivity contribution in [2.24, 2.45) is 28.6 Å². The summed E-state index contributed by atoms with van der Waals surface area (Å²) in [5.41, 5.74) is 5.71. The van der Waals surface area contributed by atoms with Crippen LogP contribution in [0.4, 0.5) is 0 Å². The Hall–Kier alpha value is -2.12. The van der Waals surface area contributed by atoms with Crippen LogP contribution in [0.1, 0.15) is 65.7 Å². The fourth-order valence-electron chi connectivity index (χ4n) is 7.50. The molecule has 0 aromatic heterocycles. The Kier molecular flexibility index (Phi) is 5.92. The maximum absolute atomic E-state index is 12.7. The summed E-state index contributed by atoms with van der Waals surface area (Å²) in [5, 5.41) is 0. The zero-order chi connectivity index (χ0) is 24.1. The monoisotopic (exact) mass is 484 g/mol. The molecule has 0 saturated heterocycles. The van der Waals surface area contributed by atoms with Crippen LogP contribution in [0.3, 0.4) is 0 Å². The second-order valence-corrected chi connectivity index (χ2v) is 12.8. The normalized spacial score (nSPS) is 36.9. The van der Waals surface area contributed by atoms with Gasteiger partial charge in [-0.3, -0.25) is 4.79 Å². The quantitative estimate of drug-likeness (QED) is 0.354. The minimum Gasteiger partial charge on any atom is -0.462 e. The van der Waals surface area contributed by atoms with E-state index in [9.17, 15) is 13.2 Å². The molecule has 6 unspecified atom stereocenters. The molecule has 4 aliphatic rings. The van der Waals surface area contributed by atoms with Gasteiger partial charge in [0.05, 0.1) is 4.90 Å². The van der Waals surface area contributed by atoms with Gasteiger partial charge in [0.1, 0.15) is 6.10 Å². The molecule has 2 saturated carbocycles. The Morgan fingerprint density at radius 2 is 1.74 bits per heavy atom. The average molecular weight is 485 g/mol. The first-order valence-electron chi connectivity index (χ1n) is 12.5. The second-order valence-electron chi connectivity index (χ2n) is 11.1. The van der Waals surface area contributed by atoms with E-state index in [1.807, 2.05) is 6.07 Å². The average Bonchev–Trinajstić information content (AvgIpc) is 3.14. The Morgan fingerprint density at radius 1 is 1.00 bits per heavy atom. The van der Waals surface area contributed by atoms with E-state index in [1.165, 1.54) is 12.5 Å². The molecule has 2 fully saturated rings. The molecular weight excluding hydrogens is 448 g/mol.